The summed E-state index contributed by atoms with van der Waals surface area (Å²) in [5, 5.41) is 0. The lowest BCUT2D eigenvalue weighted by molar-refractivity contribution is 0.182. The van der Waals surface area contributed by atoms with Crippen molar-refractivity contribution < 1.29 is 0 Å². The summed E-state index contributed by atoms with van der Waals surface area (Å²) < 4.78 is 0. The molecule has 2 heteroatoms. The Morgan fingerprint density at radius 2 is 1.82 bits per heavy atom. The highest BCUT2D eigenvalue weighted by Gasteiger charge is 2.33. The lowest BCUT2D eigenvalue weighted by Gasteiger charge is -2.37. The van der Waals surface area contributed by atoms with E-state index in [0.717, 1.165) is 11.8 Å². The van der Waals surface area contributed by atoms with Crippen LogP contribution in [-0.2, 0) is 0 Å². The zero-order valence-electron chi connectivity index (χ0n) is 7.49. The molecule has 1 rings (SSSR count). The highest BCUT2D eigenvalue weighted by atomic mass is 14.8. The molecule has 62 valence electrons. The number of aliphatic imine (C=N–C) groups is 2. The van der Waals surface area contributed by atoms with Crippen molar-refractivity contribution in [3.8, 4) is 0 Å². The predicted octanol–water partition coefficient (Wildman–Crippen LogP) is 1.80. The topological polar surface area (TPSA) is 24.7 Å². The Morgan fingerprint density at radius 3 is 2.27 bits per heavy atom. The van der Waals surface area contributed by atoms with Gasteiger partial charge in [0.2, 0.25) is 0 Å². The molecule has 2 nitrogen and oxygen atoms in total. The molecule has 0 spiro atoms. The van der Waals surface area contributed by atoms with Gasteiger partial charge in [0.1, 0.15) is 0 Å². The maximum Gasteiger partial charge on any atom is 0.0551 e. The van der Waals surface area contributed by atoms with Crippen LogP contribution in [0.1, 0.15) is 20.3 Å². The Morgan fingerprint density at radius 1 is 1.18 bits per heavy atom. The van der Waals surface area contributed by atoms with Crippen molar-refractivity contribution in [1.29, 1.82) is 0 Å². The van der Waals surface area contributed by atoms with Crippen LogP contribution in [-0.4, -0.2) is 25.5 Å². The first-order chi connectivity index (χ1) is 5.25. The minimum absolute atomic E-state index is 0.549. The Balaban J connectivity index is 2.36. The SMILES string of the molecule is CN=CC=NC1C(C)CC1C. The van der Waals surface area contributed by atoms with Crippen LogP contribution in [0.15, 0.2) is 9.98 Å². The first-order valence-corrected chi connectivity index (χ1v) is 4.19. The smallest absolute Gasteiger partial charge is 0.0551 e. The minimum atomic E-state index is 0.549. The maximum atomic E-state index is 4.41. The van der Waals surface area contributed by atoms with Gasteiger partial charge in [-0.05, 0) is 18.3 Å². The van der Waals surface area contributed by atoms with Gasteiger partial charge in [0, 0.05) is 19.5 Å². The van der Waals surface area contributed by atoms with E-state index in [9.17, 15) is 0 Å². The molecular formula is C9H16N2. The van der Waals surface area contributed by atoms with Gasteiger partial charge in [-0.15, -0.1) is 0 Å². The summed E-state index contributed by atoms with van der Waals surface area (Å²) in [6, 6.07) is 0.549. The van der Waals surface area contributed by atoms with Crippen LogP contribution >= 0.6 is 0 Å². The van der Waals surface area contributed by atoms with Crippen molar-refractivity contribution in [2.45, 2.75) is 26.3 Å². The van der Waals surface area contributed by atoms with Gasteiger partial charge in [-0.2, -0.15) is 0 Å². The van der Waals surface area contributed by atoms with Crippen molar-refractivity contribution in [2.24, 2.45) is 21.8 Å². The van der Waals surface area contributed by atoms with Gasteiger partial charge in [-0.1, -0.05) is 13.8 Å². The molecule has 0 N–H and O–H groups in total. The van der Waals surface area contributed by atoms with Crippen molar-refractivity contribution in [2.75, 3.05) is 7.05 Å². The Labute approximate surface area is 68.4 Å². The molecule has 1 aliphatic rings. The molecule has 1 saturated carbocycles. The van der Waals surface area contributed by atoms with Crippen molar-refractivity contribution >= 4 is 12.4 Å². The number of nitrogens with zero attached hydrogens (tertiary/aromatic N) is 2. The van der Waals surface area contributed by atoms with Crippen LogP contribution in [0, 0.1) is 11.8 Å². The number of rotatable bonds is 2. The standard InChI is InChI=1S/C9H16N2/c1-7-6-8(2)9(7)11-5-4-10-3/h4-5,7-9H,6H2,1-3H3. The van der Waals surface area contributed by atoms with Crippen LogP contribution in [0.5, 0.6) is 0 Å². The second-order valence-electron chi connectivity index (χ2n) is 3.39. The summed E-state index contributed by atoms with van der Waals surface area (Å²) >= 11 is 0. The molecule has 2 unspecified atom stereocenters. The number of hydrogen-bond donors (Lipinski definition) is 0. The maximum absolute atomic E-state index is 4.41. The van der Waals surface area contributed by atoms with Crippen molar-refractivity contribution in [1.82, 2.24) is 0 Å². The van der Waals surface area contributed by atoms with Gasteiger partial charge < -0.3 is 0 Å². The molecule has 0 heterocycles. The molecule has 1 aliphatic carbocycles. The fourth-order valence-electron chi connectivity index (χ4n) is 1.73. The zero-order valence-corrected chi connectivity index (χ0v) is 7.49. The summed E-state index contributed by atoms with van der Waals surface area (Å²) in [4.78, 5) is 8.25. The summed E-state index contributed by atoms with van der Waals surface area (Å²) in [6.45, 7) is 4.51. The highest BCUT2D eigenvalue weighted by Crippen LogP contribution is 2.35. The highest BCUT2D eigenvalue weighted by molar-refractivity contribution is 6.16. The molecule has 11 heavy (non-hydrogen) atoms. The third kappa shape index (κ3) is 1.88. The second-order valence-corrected chi connectivity index (χ2v) is 3.39. The molecule has 0 bridgehead atoms. The third-order valence-corrected chi connectivity index (χ3v) is 2.38. The van der Waals surface area contributed by atoms with Gasteiger partial charge in [0.25, 0.3) is 0 Å². The van der Waals surface area contributed by atoms with E-state index < -0.39 is 0 Å². The van der Waals surface area contributed by atoms with Crippen molar-refractivity contribution in [3.05, 3.63) is 0 Å². The first-order valence-electron chi connectivity index (χ1n) is 4.19. The van der Waals surface area contributed by atoms with Gasteiger partial charge in [-0.25, -0.2) is 0 Å². The molecule has 0 amide bonds. The molecule has 0 aromatic rings. The molecule has 0 aromatic heterocycles. The molecule has 0 saturated heterocycles. The Hall–Kier alpha value is -0.660. The fraction of sp³-hybridized carbons (Fsp3) is 0.778. The third-order valence-electron chi connectivity index (χ3n) is 2.38. The van der Waals surface area contributed by atoms with Crippen LogP contribution in [0.2, 0.25) is 0 Å². The van der Waals surface area contributed by atoms with Gasteiger partial charge in [0.05, 0.1) is 6.04 Å². The van der Waals surface area contributed by atoms with Crippen LogP contribution < -0.4 is 0 Å². The molecule has 0 radical (unpaired) electrons. The quantitative estimate of drug-likeness (QED) is 0.539. The van der Waals surface area contributed by atoms with E-state index in [-0.39, 0.29) is 0 Å². The van der Waals surface area contributed by atoms with Gasteiger partial charge in [-0.3, -0.25) is 9.98 Å². The van der Waals surface area contributed by atoms with Crippen LogP contribution in [0.3, 0.4) is 0 Å². The van der Waals surface area contributed by atoms with Crippen LogP contribution in [0.4, 0.5) is 0 Å². The normalized spacial score (nSPS) is 38.3. The summed E-state index contributed by atoms with van der Waals surface area (Å²) in [5.41, 5.74) is 0. The number of hydrogen-bond acceptors (Lipinski definition) is 2. The monoisotopic (exact) mass is 152 g/mol. The molecular weight excluding hydrogens is 136 g/mol. The first kappa shape index (κ1) is 8.44. The van der Waals surface area contributed by atoms with Gasteiger partial charge in [0.15, 0.2) is 0 Å². The summed E-state index contributed by atoms with van der Waals surface area (Å²) in [5.74, 6) is 1.54. The molecule has 1 fully saturated rings. The van der Waals surface area contributed by atoms with E-state index in [0.29, 0.717) is 6.04 Å². The molecule has 0 aliphatic heterocycles. The zero-order chi connectivity index (χ0) is 8.27. The lowest BCUT2D eigenvalue weighted by Crippen LogP contribution is -2.36. The van der Waals surface area contributed by atoms with Gasteiger partial charge >= 0.3 is 0 Å². The fourth-order valence-corrected chi connectivity index (χ4v) is 1.73. The summed E-state index contributed by atoms with van der Waals surface area (Å²) in [7, 11) is 1.76. The predicted molar refractivity (Wildman–Crippen MR) is 49.6 cm³/mol. The van der Waals surface area contributed by atoms with E-state index in [1.807, 2.05) is 6.21 Å². The van der Waals surface area contributed by atoms with E-state index in [4.69, 9.17) is 0 Å². The van der Waals surface area contributed by atoms with E-state index in [2.05, 4.69) is 23.8 Å². The Kier molecular flexibility index (Phi) is 2.80. The average molecular weight is 152 g/mol. The van der Waals surface area contributed by atoms with Crippen LogP contribution in [0.25, 0.3) is 0 Å². The Bertz CT molecular complexity index is 164. The van der Waals surface area contributed by atoms with E-state index in [1.165, 1.54) is 6.42 Å². The molecule has 2 atom stereocenters. The average Bonchev–Trinajstić information content (AvgIpc) is 1.98. The summed E-state index contributed by atoms with van der Waals surface area (Å²) in [6.07, 6.45) is 4.89. The van der Waals surface area contributed by atoms with Crippen molar-refractivity contribution in [3.63, 3.8) is 0 Å². The second kappa shape index (κ2) is 3.65. The van der Waals surface area contributed by atoms with E-state index >= 15 is 0 Å². The largest absolute Gasteiger partial charge is 0.295 e. The lowest BCUT2D eigenvalue weighted by atomic mass is 9.72. The van der Waals surface area contributed by atoms with E-state index in [1.54, 1.807) is 13.3 Å². The molecule has 0 aromatic carbocycles. The minimum Gasteiger partial charge on any atom is -0.295 e.